The van der Waals surface area contributed by atoms with Gasteiger partial charge in [0.25, 0.3) is 0 Å². The van der Waals surface area contributed by atoms with Crippen LogP contribution >= 0.6 is 0 Å². The van der Waals surface area contributed by atoms with Gasteiger partial charge in [-0.3, -0.25) is 4.99 Å². The standard InChI is InChI=1S/C18H21N3/c1-21(2)12-14-7-5-9-16(17(14)19)18-15-8-4-3-6-13(15)10-11-20-18/h3-9H,10-12,19H2,1-2H3. The lowest BCUT2D eigenvalue weighted by atomic mass is 9.91. The molecular formula is C18H21N3. The van der Waals surface area contributed by atoms with E-state index in [-0.39, 0.29) is 0 Å². The lowest BCUT2D eigenvalue weighted by Gasteiger charge is -2.20. The van der Waals surface area contributed by atoms with Crippen LogP contribution in [0, 0.1) is 0 Å². The van der Waals surface area contributed by atoms with E-state index in [1.165, 1.54) is 11.1 Å². The molecule has 108 valence electrons. The molecule has 1 heterocycles. The lowest BCUT2D eigenvalue weighted by molar-refractivity contribution is 0.403. The zero-order valence-corrected chi connectivity index (χ0v) is 12.6. The van der Waals surface area contributed by atoms with Crippen molar-refractivity contribution in [3.8, 4) is 0 Å². The minimum atomic E-state index is 0.837. The molecule has 0 aliphatic carbocycles. The summed E-state index contributed by atoms with van der Waals surface area (Å²) in [5.74, 6) is 0. The second-order valence-electron chi connectivity index (χ2n) is 5.75. The Morgan fingerprint density at radius 1 is 1.05 bits per heavy atom. The number of para-hydroxylation sites is 1. The van der Waals surface area contributed by atoms with Crippen molar-refractivity contribution in [3.63, 3.8) is 0 Å². The molecular weight excluding hydrogens is 258 g/mol. The molecule has 2 N–H and O–H groups in total. The van der Waals surface area contributed by atoms with Crippen LogP contribution in [0.1, 0.15) is 22.3 Å². The van der Waals surface area contributed by atoms with E-state index in [9.17, 15) is 0 Å². The van der Waals surface area contributed by atoms with Crippen molar-refractivity contribution >= 4 is 11.4 Å². The van der Waals surface area contributed by atoms with Crippen molar-refractivity contribution in [1.82, 2.24) is 4.90 Å². The third-order valence-electron chi connectivity index (χ3n) is 3.86. The van der Waals surface area contributed by atoms with Gasteiger partial charge in [-0.15, -0.1) is 0 Å². The van der Waals surface area contributed by atoms with Crippen molar-refractivity contribution < 1.29 is 0 Å². The van der Waals surface area contributed by atoms with Gasteiger partial charge in [0.15, 0.2) is 0 Å². The van der Waals surface area contributed by atoms with Crippen molar-refractivity contribution in [2.45, 2.75) is 13.0 Å². The fraction of sp³-hybridized carbons (Fsp3) is 0.278. The van der Waals surface area contributed by atoms with E-state index in [1.54, 1.807) is 0 Å². The van der Waals surface area contributed by atoms with Crippen LogP contribution < -0.4 is 5.73 Å². The third kappa shape index (κ3) is 2.69. The van der Waals surface area contributed by atoms with Crippen molar-refractivity contribution in [1.29, 1.82) is 0 Å². The lowest BCUT2D eigenvalue weighted by Crippen LogP contribution is -2.18. The summed E-state index contributed by atoms with van der Waals surface area (Å²) in [6.07, 6.45) is 1.01. The van der Waals surface area contributed by atoms with Crippen molar-refractivity contribution in [2.24, 2.45) is 4.99 Å². The maximum Gasteiger partial charge on any atom is 0.0742 e. The topological polar surface area (TPSA) is 41.6 Å². The Bertz CT molecular complexity index is 687. The highest BCUT2D eigenvalue weighted by molar-refractivity contribution is 6.17. The van der Waals surface area contributed by atoms with Crippen LogP contribution in [0.5, 0.6) is 0 Å². The number of nitrogen functional groups attached to an aromatic ring is 1. The summed E-state index contributed by atoms with van der Waals surface area (Å²) < 4.78 is 0. The molecule has 1 aliphatic heterocycles. The molecule has 3 nitrogen and oxygen atoms in total. The highest BCUT2D eigenvalue weighted by Crippen LogP contribution is 2.26. The molecule has 2 aromatic rings. The first-order chi connectivity index (χ1) is 10.2. The maximum atomic E-state index is 6.41. The minimum Gasteiger partial charge on any atom is -0.398 e. The number of aliphatic imine (C=N–C) groups is 1. The number of rotatable bonds is 3. The number of nitrogens with zero attached hydrogens (tertiary/aromatic N) is 2. The van der Waals surface area contributed by atoms with Crippen LogP contribution in [0.3, 0.4) is 0 Å². The molecule has 1 aliphatic rings. The minimum absolute atomic E-state index is 0.837. The molecule has 0 atom stereocenters. The summed E-state index contributed by atoms with van der Waals surface area (Å²) in [5, 5.41) is 0. The van der Waals surface area contributed by atoms with E-state index in [0.29, 0.717) is 0 Å². The largest absolute Gasteiger partial charge is 0.398 e. The number of fused-ring (bicyclic) bond motifs is 1. The monoisotopic (exact) mass is 279 g/mol. The average molecular weight is 279 g/mol. The maximum absolute atomic E-state index is 6.41. The molecule has 3 rings (SSSR count). The summed E-state index contributed by atoms with van der Waals surface area (Å²) in [4.78, 5) is 6.88. The summed E-state index contributed by atoms with van der Waals surface area (Å²) in [7, 11) is 4.11. The van der Waals surface area contributed by atoms with Gasteiger partial charge in [-0.25, -0.2) is 0 Å². The zero-order valence-electron chi connectivity index (χ0n) is 12.6. The SMILES string of the molecule is CN(C)Cc1cccc(C2=NCCc3ccccc32)c1N. The number of nitrogens with two attached hydrogens (primary N) is 1. The molecule has 0 saturated heterocycles. The van der Waals surface area contributed by atoms with E-state index < -0.39 is 0 Å². The number of hydrogen-bond acceptors (Lipinski definition) is 3. The smallest absolute Gasteiger partial charge is 0.0742 e. The van der Waals surface area contributed by atoms with Gasteiger partial charge in [0, 0.05) is 29.9 Å². The number of hydrogen-bond donors (Lipinski definition) is 1. The fourth-order valence-corrected chi connectivity index (χ4v) is 2.87. The number of benzene rings is 2. The summed E-state index contributed by atoms with van der Waals surface area (Å²) in [6.45, 7) is 1.68. The second kappa shape index (κ2) is 5.70. The molecule has 21 heavy (non-hydrogen) atoms. The van der Waals surface area contributed by atoms with E-state index in [4.69, 9.17) is 10.7 Å². The van der Waals surface area contributed by atoms with Gasteiger partial charge in [0.1, 0.15) is 0 Å². The van der Waals surface area contributed by atoms with Gasteiger partial charge >= 0.3 is 0 Å². The highest BCUT2D eigenvalue weighted by Gasteiger charge is 2.18. The number of anilines is 1. The molecule has 0 fully saturated rings. The Morgan fingerprint density at radius 2 is 1.81 bits per heavy atom. The zero-order chi connectivity index (χ0) is 14.8. The van der Waals surface area contributed by atoms with Crippen LogP contribution in [-0.4, -0.2) is 31.3 Å². The van der Waals surface area contributed by atoms with Gasteiger partial charge in [0.05, 0.1) is 5.71 Å². The normalized spacial score (nSPS) is 14.0. The molecule has 0 amide bonds. The van der Waals surface area contributed by atoms with E-state index >= 15 is 0 Å². The van der Waals surface area contributed by atoms with E-state index in [0.717, 1.165) is 42.0 Å². The van der Waals surface area contributed by atoms with Crippen LogP contribution in [0.15, 0.2) is 47.5 Å². The quantitative estimate of drug-likeness (QED) is 0.878. The summed E-state index contributed by atoms with van der Waals surface area (Å²) >= 11 is 0. The van der Waals surface area contributed by atoms with Crippen LogP contribution in [0.4, 0.5) is 5.69 Å². The highest BCUT2D eigenvalue weighted by atomic mass is 15.0. The Labute approximate surface area is 126 Å². The Kier molecular flexibility index (Phi) is 3.76. The molecule has 0 radical (unpaired) electrons. The molecule has 2 aromatic carbocycles. The van der Waals surface area contributed by atoms with Gasteiger partial charge in [-0.1, -0.05) is 42.5 Å². The van der Waals surface area contributed by atoms with Gasteiger partial charge in [0.2, 0.25) is 0 Å². The molecule has 0 spiro atoms. The van der Waals surface area contributed by atoms with Crippen molar-refractivity contribution in [2.75, 3.05) is 26.4 Å². The Balaban J connectivity index is 2.07. The first-order valence-electron chi connectivity index (χ1n) is 7.32. The third-order valence-corrected chi connectivity index (χ3v) is 3.86. The predicted molar refractivity (Wildman–Crippen MR) is 88.9 cm³/mol. The Hall–Kier alpha value is -2.13. The van der Waals surface area contributed by atoms with E-state index in [2.05, 4.69) is 61.5 Å². The van der Waals surface area contributed by atoms with Gasteiger partial charge < -0.3 is 10.6 Å². The van der Waals surface area contributed by atoms with Gasteiger partial charge in [-0.05, 0) is 31.6 Å². The molecule has 0 unspecified atom stereocenters. The van der Waals surface area contributed by atoms with E-state index in [1.807, 2.05) is 0 Å². The summed E-state index contributed by atoms with van der Waals surface area (Å²) in [5.41, 5.74) is 13.1. The Morgan fingerprint density at radius 3 is 2.62 bits per heavy atom. The molecule has 0 aromatic heterocycles. The second-order valence-corrected chi connectivity index (χ2v) is 5.75. The first kappa shape index (κ1) is 13.8. The molecule has 3 heteroatoms. The molecule has 0 saturated carbocycles. The van der Waals surface area contributed by atoms with Crippen LogP contribution in [0.25, 0.3) is 0 Å². The van der Waals surface area contributed by atoms with Gasteiger partial charge in [-0.2, -0.15) is 0 Å². The fourth-order valence-electron chi connectivity index (χ4n) is 2.87. The first-order valence-corrected chi connectivity index (χ1v) is 7.32. The predicted octanol–water partition coefficient (Wildman–Crippen LogP) is 2.72. The summed E-state index contributed by atoms with van der Waals surface area (Å²) in [6, 6.07) is 14.7. The van der Waals surface area contributed by atoms with Crippen LogP contribution in [0.2, 0.25) is 0 Å². The van der Waals surface area contributed by atoms with Crippen LogP contribution in [-0.2, 0) is 13.0 Å². The molecule has 0 bridgehead atoms. The average Bonchev–Trinajstić information content (AvgIpc) is 2.49. The van der Waals surface area contributed by atoms with Crippen molar-refractivity contribution in [3.05, 3.63) is 64.7 Å².